The molecule has 3 rings (SSSR count). The van der Waals surface area contributed by atoms with Crippen LogP contribution in [-0.4, -0.2) is 37.9 Å². The Morgan fingerprint density at radius 3 is 2.50 bits per heavy atom. The van der Waals surface area contributed by atoms with E-state index in [-0.39, 0.29) is 5.91 Å². The van der Waals surface area contributed by atoms with Crippen molar-refractivity contribution in [2.24, 2.45) is 7.05 Å². The van der Waals surface area contributed by atoms with Crippen LogP contribution in [0.3, 0.4) is 0 Å². The minimum atomic E-state index is 0.0832. The molecule has 1 heterocycles. The van der Waals surface area contributed by atoms with E-state index in [2.05, 4.69) is 10.2 Å². The predicted molar refractivity (Wildman–Crippen MR) is 110 cm³/mol. The summed E-state index contributed by atoms with van der Waals surface area (Å²) in [6.07, 6.45) is 1.63. The fourth-order valence-electron chi connectivity index (χ4n) is 2.65. The first-order valence-electron chi connectivity index (χ1n) is 9.16. The number of carbonyl (C=O) groups is 1. The molecule has 7 heteroatoms. The van der Waals surface area contributed by atoms with Gasteiger partial charge < -0.3 is 14.2 Å². The fourth-order valence-corrected chi connectivity index (χ4v) is 3.44. The molecule has 2 aromatic carbocycles. The quantitative estimate of drug-likeness (QED) is 0.518. The number of nitrogens with zero attached hydrogens (tertiary/aromatic N) is 4. The summed E-state index contributed by atoms with van der Waals surface area (Å²) in [4.78, 5) is 14.4. The largest absolute Gasteiger partial charge is 0.489 e. The van der Waals surface area contributed by atoms with Crippen LogP contribution in [0.25, 0.3) is 0 Å². The molecule has 0 N–H and O–H groups in total. The van der Waals surface area contributed by atoms with E-state index in [1.807, 2.05) is 78.0 Å². The van der Waals surface area contributed by atoms with Crippen molar-refractivity contribution in [2.45, 2.75) is 25.2 Å². The van der Waals surface area contributed by atoms with Crippen molar-refractivity contribution in [2.75, 3.05) is 12.3 Å². The van der Waals surface area contributed by atoms with E-state index in [0.29, 0.717) is 25.4 Å². The Bertz CT molecular complexity index is 881. The van der Waals surface area contributed by atoms with E-state index in [1.54, 1.807) is 6.33 Å². The van der Waals surface area contributed by atoms with Crippen LogP contribution in [-0.2, 0) is 25.0 Å². The second-order valence-electron chi connectivity index (χ2n) is 6.34. The Morgan fingerprint density at radius 1 is 1.11 bits per heavy atom. The number of hydrogen-bond acceptors (Lipinski definition) is 5. The standard InChI is InChI=1S/C21H24N4O2S/c1-3-25(20(26)15-28-21-23-22-16-24(21)2)13-17-9-11-19(12-10-17)27-14-18-7-5-4-6-8-18/h4-12,16H,3,13-15H2,1-2H3. The summed E-state index contributed by atoms with van der Waals surface area (Å²) >= 11 is 1.40. The Kier molecular flexibility index (Phi) is 7.08. The third-order valence-electron chi connectivity index (χ3n) is 4.27. The van der Waals surface area contributed by atoms with Crippen LogP contribution in [0, 0.1) is 0 Å². The summed E-state index contributed by atoms with van der Waals surface area (Å²) in [6.45, 7) is 3.76. The molecule has 0 bridgehead atoms. The highest BCUT2D eigenvalue weighted by atomic mass is 32.2. The molecule has 146 valence electrons. The van der Waals surface area contributed by atoms with Crippen LogP contribution < -0.4 is 4.74 Å². The van der Waals surface area contributed by atoms with E-state index in [9.17, 15) is 4.79 Å². The summed E-state index contributed by atoms with van der Waals surface area (Å²) < 4.78 is 7.63. The maximum absolute atomic E-state index is 12.5. The Morgan fingerprint density at radius 2 is 1.86 bits per heavy atom. The molecule has 0 atom stereocenters. The Labute approximate surface area is 169 Å². The van der Waals surface area contributed by atoms with Gasteiger partial charge in [0.15, 0.2) is 5.16 Å². The zero-order valence-corrected chi connectivity index (χ0v) is 16.9. The second-order valence-corrected chi connectivity index (χ2v) is 7.28. The minimum Gasteiger partial charge on any atom is -0.489 e. The van der Waals surface area contributed by atoms with Gasteiger partial charge in [0, 0.05) is 20.1 Å². The van der Waals surface area contributed by atoms with E-state index < -0.39 is 0 Å². The van der Waals surface area contributed by atoms with Crippen molar-refractivity contribution in [3.63, 3.8) is 0 Å². The number of rotatable bonds is 9. The lowest BCUT2D eigenvalue weighted by Crippen LogP contribution is -2.31. The van der Waals surface area contributed by atoms with Gasteiger partial charge in [-0.3, -0.25) is 4.79 Å². The maximum atomic E-state index is 12.5. The lowest BCUT2D eigenvalue weighted by Gasteiger charge is -2.21. The van der Waals surface area contributed by atoms with Crippen LogP contribution in [0.4, 0.5) is 0 Å². The van der Waals surface area contributed by atoms with Crippen molar-refractivity contribution in [1.82, 2.24) is 19.7 Å². The van der Waals surface area contributed by atoms with Gasteiger partial charge in [0.25, 0.3) is 0 Å². The van der Waals surface area contributed by atoms with Crippen LogP contribution in [0.15, 0.2) is 66.1 Å². The second kappa shape index (κ2) is 9.94. The lowest BCUT2D eigenvalue weighted by atomic mass is 10.2. The molecule has 6 nitrogen and oxygen atoms in total. The van der Waals surface area contributed by atoms with Crippen LogP contribution in [0.5, 0.6) is 5.75 Å². The van der Waals surface area contributed by atoms with Crippen LogP contribution in [0.2, 0.25) is 0 Å². The van der Waals surface area contributed by atoms with Gasteiger partial charge in [-0.15, -0.1) is 10.2 Å². The van der Waals surface area contributed by atoms with Crippen LogP contribution in [0.1, 0.15) is 18.1 Å². The number of amides is 1. The predicted octanol–water partition coefficient (Wildman–Crippen LogP) is 3.53. The molecule has 1 amide bonds. The first-order chi connectivity index (χ1) is 13.7. The fraction of sp³-hybridized carbons (Fsp3) is 0.286. The molecule has 0 spiro atoms. The van der Waals surface area contributed by atoms with Gasteiger partial charge in [-0.05, 0) is 30.2 Å². The van der Waals surface area contributed by atoms with Crippen LogP contribution >= 0.6 is 11.8 Å². The molecule has 0 unspecified atom stereocenters. The smallest absolute Gasteiger partial charge is 0.233 e. The summed E-state index contributed by atoms with van der Waals surface area (Å²) in [5.41, 5.74) is 2.21. The van der Waals surface area contributed by atoms with E-state index >= 15 is 0 Å². The van der Waals surface area contributed by atoms with Crippen molar-refractivity contribution < 1.29 is 9.53 Å². The summed E-state index contributed by atoms with van der Waals surface area (Å²) in [5.74, 6) is 1.25. The molecule has 0 aliphatic carbocycles. The summed E-state index contributed by atoms with van der Waals surface area (Å²) in [5, 5.41) is 8.57. The molecule has 0 saturated heterocycles. The number of benzene rings is 2. The molecule has 0 fully saturated rings. The van der Waals surface area contributed by atoms with Gasteiger partial charge in [0.2, 0.25) is 5.91 Å². The van der Waals surface area contributed by atoms with Crippen molar-refractivity contribution in [3.05, 3.63) is 72.1 Å². The van der Waals surface area contributed by atoms with Gasteiger partial charge in [0.1, 0.15) is 18.7 Å². The number of aromatic nitrogens is 3. The Balaban J connectivity index is 1.51. The normalized spacial score (nSPS) is 10.6. The zero-order valence-electron chi connectivity index (χ0n) is 16.1. The number of hydrogen-bond donors (Lipinski definition) is 0. The molecule has 0 aliphatic rings. The highest BCUT2D eigenvalue weighted by Crippen LogP contribution is 2.17. The van der Waals surface area contributed by atoms with Crippen molar-refractivity contribution >= 4 is 17.7 Å². The highest BCUT2D eigenvalue weighted by molar-refractivity contribution is 7.99. The van der Waals surface area contributed by atoms with Crippen molar-refractivity contribution in [1.29, 1.82) is 0 Å². The third kappa shape index (κ3) is 5.60. The van der Waals surface area contributed by atoms with Gasteiger partial charge in [-0.2, -0.15) is 0 Å². The number of aryl methyl sites for hydroxylation is 1. The summed E-state index contributed by atoms with van der Waals surface area (Å²) in [7, 11) is 1.87. The lowest BCUT2D eigenvalue weighted by molar-refractivity contribution is -0.128. The van der Waals surface area contributed by atoms with Gasteiger partial charge in [-0.25, -0.2) is 0 Å². The summed E-state index contributed by atoms with van der Waals surface area (Å²) in [6, 6.07) is 18.0. The van der Waals surface area contributed by atoms with Gasteiger partial charge in [-0.1, -0.05) is 54.2 Å². The number of ether oxygens (including phenoxy) is 1. The highest BCUT2D eigenvalue weighted by Gasteiger charge is 2.14. The monoisotopic (exact) mass is 396 g/mol. The van der Waals surface area contributed by atoms with E-state index in [4.69, 9.17) is 4.74 Å². The number of thioether (sulfide) groups is 1. The van der Waals surface area contributed by atoms with Gasteiger partial charge >= 0.3 is 0 Å². The molecule has 0 saturated carbocycles. The average molecular weight is 397 g/mol. The first kappa shape index (κ1) is 19.9. The van der Waals surface area contributed by atoms with E-state index in [0.717, 1.165) is 22.0 Å². The molecule has 0 radical (unpaired) electrons. The molecule has 1 aromatic heterocycles. The SMILES string of the molecule is CCN(Cc1ccc(OCc2ccccc2)cc1)C(=O)CSc1nncn1C. The molecule has 0 aliphatic heterocycles. The maximum Gasteiger partial charge on any atom is 0.233 e. The molecular formula is C21H24N4O2S. The first-order valence-corrected chi connectivity index (χ1v) is 10.1. The molecule has 3 aromatic rings. The third-order valence-corrected chi connectivity index (χ3v) is 5.29. The van der Waals surface area contributed by atoms with E-state index in [1.165, 1.54) is 11.8 Å². The molecule has 28 heavy (non-hydrogen) atoms. The number of carbonyl (C=O) groups excluding carboxylic acids is 1. The minimum absolute atomic E-state index is 0.0832. The van der Waals surface area contributed by atoms with Crippen molar-refractivity contribution in [3.8, 4) is 5.75 Å². The molecular weight excluding hydrogens is 372 g/mol. The topological polar surface area (TPSA) is 60.2 Å². The Hall–Kier alpha value is -2.80. The average Bonchev–Trinajstić information content (AvgIpc) is 3.15. The van der Waals surface area contributed by atoms with Gasteiger partial charge in [0.05, 0.1) is 5.75 Å². The zero-order chi connectivity index (χ0) is 19.8.